The first kappa shape index (κ1) is 10.6. The van der Waals surface area contributed by atoms with Crippen molar-refractivity contribution < 1.29 is 4.74 Å². The van der Waals surface area contributed by atoms with Gasteiger partial charge in [-0.2, -0.15) is 5.10 Å². The number of fused-ring (bicyclic) bond motifs is 1. The molecule has 2 aliphatic rings. The number of rotatable bonds is 1. The minimum Gasteiger partial charge on any atom is -0.370 e. The van der Waals surface area contributed by atoms with Gasteiger partial charge < -0.3 is 10.1 Å². The van der Waals surface area contributed by atoms with E-state index in [9.17, 15) is 0 Å². The summed E-state index contributed by atoms with van der Waals surface area (Å²) in [4.78, 5) is 0. The Morgan fingerprint density at radius 2 is 2.50 bits per heavy atom. The molecule has 1 aromatic heterocycles. The molecule has 2 aliphatic heterocycles. The summed E-state index contributed by atoms with van der Waals surface area (Å²) in [5.41, 5.74) is 1.12. The smallest absolute Gasteiger partial charge is 0.103 e. The summed E-state index contributed by atoms with van der Waals surface area (Å²) < 4.78 is 7.95. The van der Waals surface area contributed by atoms with E-state index >= 15 is 0 Å². The van der Waals surface area contributed by atoms with E-state index in [1.165, 1.54) is 17.2 Å². The van der Waals surface area contributed by atoms with Gasteiger partial charge >= 0.3 is 0 Å². The van der Waals surface area contributed by atoms with E-state index in [-0.39, 0.29) is 6.10 Å². The lowest BCUT2D eigenvalue weighted by molar-refractivity contribution is 0.0609. The van der Waals surface area contributed by atoms with E-state index in [1.54, 1.807) is 0 Å². The third-order valence-corrected chi connectivity index (χ3v) is 4.15. The van der Waals surface area contributed by atoms with Crippen molar-refractivity contribution in [2.24, 2.45) is 0 Å². The average molecular weight is 239 g/mol. The summed E-state index contributed by atoms with van der Waals surface area (Å²) in [5, 5.41) is 9.31. The molecule has 0 aromatic carbocycles. The molecule has 88 valence electrons. The maximum atomic E-state index is 5.82. The number of aromatic nitrogens is 2. The Bertz CT molecular complexity index is 335. The maximum absolute atomic E-state index is 5.82. The van der Waals surface area contributed by atoms with Crippen molar-refractivity contribution >= 4 is 11.8 Å². The van der Waals surface area contributed by atoms with Gasteiger partial charge in [0.05, 0.1) is 17.3 Å². The number of nitrogens with zero attached hydrogens (tertiary/aromatic N) is 2. The van der Waals surface area contributed by atoms with Crippen LogP contribution in [-0.2, 0) is 11.3 Å². The summed E-state index contributed by atoms with van der Waals surface area (Å²) in [5.74, 6) is 1.22. The van der Waals surface area contributed by atoms with Crippen molar-refractivity contribution in [1.29, 1.82) is 0 Å². The predicted molar refractivity (Wildman–Crippen MR) is 63.7 cm³/mol. The topological polar surface area (TPSA) is 39.1 Å². The molecule has 5 heteroatoms. The Morgan fingerprint density at radius 1 is 1.50 bits per heavy atom. The number of hydrogen-bond acceptors (Lipinski definition) is 4. The van der Waals surface area contributed by atoms with Gasteiger partial charge in [0.2, 0.25) is 0 Å². The summed E-state index contributed by atoms with van der Waals surface area (Å²) in [7, 11) is 0. The predicted octanol–water partition coefficient (Wildman–Crippen LogP) is 1.43. The molecule has 4 nitrogen and oxygen atoms in total. The second-order valence-corrected chi connectivity index (χ2v) is 5.35. The zero-order chi connectivity index (χ0) is 10.8. The van der Waals surface area contributed by atoms with Crippen LogP contribution in [0.15, 0.2) is 11.1 Å². The van der Waals surface area contributed by atoms with Gasteiger partial charge in [-0.15, -0.1) is 11.8 Å². The van der Waals surface area contributed by atoms with Crippen LogP contribution in [0.2, 0.25) is 0 Å². The molecule has 1 saturated heterocycles. The molecule has 16 heavy (non-hydrogen) atoms. The van der Waals surface area contributed by atoms with Crippen LogP contribution in [0, 0.1) is 0 Å². The molecule has 3 heterocycles. The van der Waals surface area contributed by atoms with E-state index in [2.05, 4.69) is 21.2 Å². The first-order chi connectivity index (χ1) is 7.93. The molecule has 1 unspecified atom stereocenters. The van der Waals surface area contributed by atoms with Gasteiger partial charge in [0.15, 0.2) is 0 Å². The Kier molecular flexibility index (Phi) is 3.17. The van der Waals surface area contributed by atoms with Gasteiger partial charge in [0.25, 0.3) is 0 Å². The fourth-order valence-electron chi connectivity index (χ4n) is 2.19. The van der Waals surface area contributed by atoms with Crippen molar-refractivity contribution in [2.45, 2.75) is 30.5 Å². The fraction of sp³-hybridized carbons (Fsp3) is 0.727. The average Bonchev–Trinajstić information content (AvgIpc) is 2.56. The second-order valence-electron chi connectivity index (χ2n) is 4.23. The number of nitrogens with one attached hydrogen (secondary N) is 1. The van der Waals surface area contributed by atoms with Crippen LogP contribution >= 0.6 is 11.8 Å². The molecule has 3 rings (SSSR count). The molecule has 0 amide bonds. The van der Waals surface area contributed by atoms with E-state index < -0.39 is 0 Å². The highest BCUT2D eigenvalue weighted by molar-refractivity contribution is 7.99. The number of thioether (sulfide) groups is 1. The SMILES string of the molecule is c1c(C2CCNCCO2)nn2c1SCCC2. The lowest BCUT2D eigenvalue weighted by Crippen LogP contribution is -2.16. The molecule has 0 spiro atoms. The van der Waals surface area contributed by atoms with Crippen molar-refractivity contribution in [1.82, 2.24) is 15.1 Å². The minimum atomic E-state index is 0.189. The Labute approximate surface area is 99.7 Å². The van der Waals surface area contributed by atoms with Crippen LogP contribution in [-0.4, -0.2) is 35.2 Å². The molecule has 0 saturated carbocycles. The van der Waals surface area contributed by atoms with Crippen LogP contribution < -0.4 is 5.32 Å². The number of aryl methyl sites for hydroxylation is 1. The third-order valence-electron chi connectivity index (χ3n) is 3.04. The Morgan fingerprint density at radius 3 is 3.44 bits per heavy atom. The number of hydrogen-bond donors (Lipinski definition) is 1. The van der Waals surface area contributed by atoms with Crippen LogP contribution in [0.25, 0.3) is 0 Å². The first-order valence-corrected chi connectivity index (χ1v) is 6.95. The molecular formula is C11H17N3OS. The lowest BCUT2D eigenvalue weighted by atomic mass is 10.2. The standard InChI is InChI=1S/C11H17N3OS/c1-5-14-11(16-7-1)8-9(13-14)10-2-3-12-4-6-15-10/h8,10,12H,1-7H2. The Balaban J connectivity index is 1.79. The van der Waals surface area contributed by atoms with Gasteiger partial charge in [0.1, 0.15) is 6.10 Å². The van der Waals surface area contributed by atoms with Gasteiger partial charge in [-0.3, -0.25) is 4.68 Å². The van der Waals surface area contributed by atoms with E-state index in [4.69, 9.17) is 4.74 Å². The van der Waals surface area contributed by atoms with Crippen molar-refractivity contribution in [3.63, 3.8) is 0 Å². The molecular weight excluding hydrogens is 222 g/mol. The summed E-state index contributed by atoms with van der Waals surface area (Å²) in [6.07, 6.45) is 2.45. The first-order valence-electron chi connectivity index (χ1n) is 5.96. The zero-order valence-electron chi connectivity index (χ0n) is 9.32. The van der Waals surface area contributed by atoms with Gasteiger partial charge in [-0.05, 0) is 25.5 Å². The highest BCUT2D eigenvalue weighted by Gasteiger charge is 2.21. The van der Waals surface area contributed by atoms with Gasteiger partial charge in [0, 0.05) is 18.8 Å². The lowest BCUT2D eigenvalue weighted by Gasteiger charge is -2.12. The summed E-state index contributed by atoms with van der Waals surface area (Å²) >= 11 is 1.91. The Hall–Kier alpha value is -0.520. The largest absolute Gasteiger partial charge is 0.370 e. The van der Waals surface area contributed by atoms with Gasteiger partial charge in [-0.1, -0.05) is 0 Å². The molecule has 1 fully saturated rings. The van der Waals surface area contributed by atoms with Crippen molar-refractivity contribution in [3.8, 4) is 0 Å². The molecule has 1 atom stereocenters. The monoisotopic (exact) mass is 239 g/mol. The minimum absolute atomic E-state index is 0.189. The molecule has 1 N–H and O–H groups in total. The molecule has 0 bridgehead atoms. The van der Waals surface area contributed by atoms with E-state index in [0.29, 0.717) is 0 Å². The van der Waals surface area contributed by atoms with E-state index in [0.717, 1.165) is 38.4 Å². The summed E-state index contributed by atoms with van der Waals surface area (Å²) in [6, 6.07) is 2.21. The van der Waals surface area contributed by atoms with Crippen LogP contribution in [0.4, 0.5) is 0 Å². The van der Waals surface area contributed by atoms with Crippen LogP contribution in [0.1, 0.15) is 24.6 Å². The van der Waals surface area contributed by atoms with E-state index in [1.807, 2.05) is 11.8 Å². The normalized spacial score (nSPS) is 26.1. The zero-order valence-corrected chi connectivity index (χ0v) is 10.1. The highest BCUT2D eigenvalue weighted by atomic mass is 32.2. The third kappa shape index (κ3) is 2.12. The van der Waals surface area contributed by atoms with Crippen LogP contribution in [0.3, 0.4) is 0 Å². The quantitative estimate of drug-likeness (QED) is 0.804. The van der Waals surface area contributed by atoms with Crippen molar-refractivity contribution in [2.75, 3.05) is 25.4 Å². The fourth-order valence-corrected chi connectivity index (χ4v) is 3.16. The van der Waals surface area contributed by atoms with Crippen LogP contribution in [0.5, 0.6) is 0 Å². The second kappa shape index (κ2) is 4.77. The molecule has 0 radical (unpaired) electrons. The maximum Gasteiger partial charge on any atom is 0.103 e. The molecule has 0 aliphatic carbocycles. The van der Waals surface area contributed by atoms with Gasteiger partial charge in [-0.25, -0.2) is 0 Å². The summed E-state index contributed by atoms with van der Waals surface area (Å²) in [6.45, 7) is 3.84. The molecule has 1 aromatic rings. The van der Waals surface area contributed by atoms with Crippen molar-refractivity contribution in [3.05, 3.63) is 11.8 Å². The highest BCUT2D eigenvalue weighted by Crippen LogP contribution is 2.29. The number of ether oxygens (including phenoxy) is 1.